The zero-order valence-electron chi connectivity index (χ0n) is 10.4. The van der Waals surface area contributed by atoms with E-state index in [0.717, 1.165) is 28.1 Å². The third-order valence-electron chi connectivity index (χ3n) is 2.62. The van der Waals surface area contributed by atoms with Gasteiger partial charge in [-0.15, -0.1) is 0 Å². The average Bonchev–Trinajstić information content (AvgIpc) is 2.62. The number of nitrogens with zero attached hydrogens (tertiary/aromatic N) is 2. The van der Waals surface area contributed by atoms with E-state index < -0.39 is 0 Å². The van der Waals surface area contributed by atoms with E-state index in [-0.39, 0.29) is 0 Å². The van der Waals surface area contributed by atoms with Gasteiger partial charge in [-0.25, -0.2) is 0 Å². The van der Waals surface area contributed by atoms with Gasteiger partial charge in [0.1, 0.15) is 12.4 Å². The van der Waals surface area contributed by atoms with Gasteiger partial charge < -0.3 is 10.5 Å². The van der Waals surface area contributed by atoms with Crippen molar-refractivity contribution in [3.8, 4) is 5.75 Å². The lowest BCUT2D eigenvalue weighted by atomic mass is 10.1. The Morgan fingerprint density at radius 2 is 1.94 bits per heavy atom. The lowest BCUT2D eigenvalue weighted by Crippen LogP contribution is -1.99. The number of aromatic nitrogens is 2. The molecule has 0 bridgehead atoms. The van der Waals surface area contributed by atoms with Crippen molar-refractivity contribution < 1.29 is 4.74 Å². The summed E-state index contributed by atoms with van der Waals surface area (Å²) >= 11 is 0. The summed E-state index contributed by atoms with van der Waals surface area (Å²) in [5, 5.41) is 4.10. The Kier molecular flexibility index (Phi) is 3.04. The Labute approximate surface area is 101 Å². The second kappa shape index (κ2) is 4.49. The summed E-state index contributed by atoms with van der Waals surface area (Å²) in [7, 11) is 1.89. The van der Waals surface area contributed by atoms with Crippen LogP contribution in [0.25, 0.3) is 0 Å². The number of ether oxygens (including phenoxy) is 1. The summed E-state index contributed by atoms with van der Waals surface area (Å²) in [6.07, 6.45) is 3.75. The molecule has 1 heterocycles. The molecule has 4 nitrogen and oxygen atoms in total. The fourth-order valence-corrected chi connectivity index (χ4v) is 1.91. The second-order valence-corrected chi connectivity index (χ2v) is 4.29. The molecule has 2 aromatic rings. The topological polar surface area (TPSA) is 53.1 Å². The van der Waals surface area contributed by atoms with Crippen LogP contribution in [-0.2, 0) is 13.7 Å². The predicted octanol–water partition coefficient (Wildman–Crippen LogP) is 2.20. The highest BCUT2D eigenvalue weighted by Gasteiger charge is 2.06. The number of hydrogen-bond acceptors (Lipinski definition) is 3. The number of benzene rings is 1. The van der Waals surface area contributed by atoms with Gasteiger partial charge in [0.15, 0.2) is 0 Å². The smallest absolute Gasteiger partial charge is 0.125 e. The van der Waals surface area contributed by atoms with Crippen LogP contribution in [0, 0.1) is 13.8 Å². The molecule has 17 heavy (non-hydrogen) atoms. The molecule has 2 rings (SSSR count). The van der Waals surface area contributed by atoms with E-state index >= 15 is 0 Å². The van der Waals surface area contributed by atoms with Crippen molar-refractivity contribution in [3.05, 3.63) is 41.2 Å². The first-order valence-corrected chi connectivity index (χ1v) is 5.53. The molecule has 0 saturated heterocycles. The van der Waals surface area contributed by atoms with E-state index in [1.54, 1.807) is 4.68 Å². The summed E-state index contributed by atoms with van der Waals surface area (Å²) in [4.78, 5) is 0. The van der Waals surface area contributed by atoms with Crippen molar-refractivity contribution in [2.45, 2.75) is 20.5 Å². The number of hydrogen-bond donors (Lipinski definition) is 1. The molecular formula is C13H17N3O. The molecule has 4 heteroatoms. The lowest BCUT2D eigenvalue weighted by molar-refractivity contribution is 0.302. The highest BCUT2D eigenvalue weighted by atomic mass is 16.5. The summed E-state index contributed by atoms with van der Waals surface area (Å²) in [6, 6.07) is 3.84. The molecule has 0 aliphatic heterocycles. The van der Waals surface area contributed by atoms with Crippen LogP contribution in [0.5, 0.6) is 5.75 Å². The standard InChI is InChI=1S/C13H17N3O/c1-9-4-12(14)5-10(2)13(9)17-8-11-6-15-16(3)7-11/h4-7H,8,14H2,1-3H3. The maximum absolute atomic E-state index is 5.81. The predicted molar refractivity (Wildman–Crippen MR) is 67.9 cm³/mol. The number of nitrogens with two attached hydrogens (primary N) is 1. The van der Waals surface area contributed by atoms with E-state index in [9.17, 15) is 0 Å². The number of nitrogen functional groups attached to an aromatic ring is 1. The van der Waals surface area contributed by atoms with E-state index in [1.807, 2.05) is 45.4 Å². The first kappa shape index (κ1) is 11.5. The molecular weight excluding hydrogens is 214 g/mol. The van der Waals surface area contributed by atoms with Crippen LogP contribution in [0.3, 0.4) is 0 Å². The third kappa shape index (κ3) is 2.58. The van der Waals surface area contributed by atoms with E-state index in [1.165, 1.54) is 0 Å². The SMILES string of the molecule is Cc1cc(N)cc(C)c1OCc1cnn(C)c1. The van der Waals surface area contributed by atoms with E-state index in [2.05, 4.69) is 5.10 Å². The minimum Gasteiger partial charge on any atom is -0.488 e. The van der Waals surface area contributed by atoms with E-state index in [0.29, 0.717) is 6.61 Å². The Bertz CT molecular complexity index is 508. The van der Waals surface area contributed by atoms with Crippen LogP contribution < -0.4 is 10.5 Å². The van der Waals surface area contributed by atoms with Gasteiger partial charge in [-0.2, -0.15) is 5.10 Å². The fourth-order valence-electron chi connectivity index (χ4n) is 1.91. The summed E-state index contributed by atoms with van der Waals surface area (Å²) < 4.78 is 7.58. The zero-order chi connectivity index (χ0) is 12.4. The average molecular weight is 231 g/mol. The highest BCUT2D eigenvalue weighted by Crippen LogP contribution is 2.26. The van der Waals surface area contributed by atoms with Crippen LogP contribution in [-0.4, -0.2) is 9.78 Å². The number of anilines is 1. The first-order valence-electron chi connectivity index (χ1n) is 5.53. The molecule has 0 fully saturated rings. The minimum atomic E-state index is 0.527. The molecule has 0 amide bonds. The van der Waals surface area contributed by atoms with E-state index in [4.69, 9.17) is 10.5 Å². The van der Waals surface area contributed by atoms with Gasteiger partial charge in [0.2, 0.25) is 0 Å². The molecule has 1 aromatic carbocycles. The van der Waals surface area contributed by atoms with Gasteiger partial charge in [0, 0.05) is 24.5 Å². The Balaban J connectivity index is 2.14. The van der Waals surface area contributed by atoms with Crippen molar-refractivity contribution in [2.24, 2.45) is 7.05 Å². The molecule has 0 unspecified atom stereocenters. The molecule has 0 atom stereocenters. The van der Waals surface area contributed by atoms with Gasteiger partial charge in [-0.05, 0) is 37.1 Å². The van der Waals surface area contributed by atoms with Crippen molar-refractivity contribution in [1.29, 1.82) is 0 Å². The Morgan fingerprint density at radius 3 is 2.47 bits per heavy atom. The van der Waals surface area contributed by atoms with Gasteiger partial charge in [0.25, 0.3) is 0 Å². The monoisotopic (exact) mass is 231 g/mol. The highest BCUT2D eigenvalue weighted by molar-refractivity contribution is 5.52. The minimum absolute atomic E-state index is 0.527. The lowest BCUT2D eigenvalue weighted by Gasteiger charge is -2.12. The number of aryl methyl sites for hydroxylation is 3. The Morgan fingerprint density at radius 1 is 1.29 bits per heavy atom. The fraction of sp³-hybridized carbons (Fsp3) is 0.308. The normalized spacial score (nSPS) is 10.5. The second-order valence-electron chi connectivity index (χ2n) is 4.29. The summed E-state index contributed by atoms with van der Waals surface area (Å²) in [5.41, 5.74) is 9.72. The van der Waals surface area contributed by atoms with Gasteiger partial charge >= 0.3 is 0 Å². The molecule has 0 saturated carbocycles. The van der Waals surface area contributed by atoms with Crippen molar-refractivity contribution in [1.82, 2.24) is 9.78 Å². The maximum Gasteiger partial charge on any atom is 0.125 e. The molecule has 0 aliphatic carbocycles. The van der Waals surface area contributed by atoms with Crippen molar-refractivity contribution in [3.63, 3.8) is 0 Å². The summed E-state index contributed by atoms with van der Waals surface area (Å²) in [6.45, 7) is 4.53. The van der Waals surface area contributed by atoms with Crippen molar-refractivity contribution >= 4 is 5.69 Å². The quantitative estimate of drug-likeness (QED) is 0.824. The number of rotatable bonds is 3. The molecule has 2 N–H and O–H groups in total. The van der Waals surface area contributed by atoms with Crippen molar-refractivity contribution in [2.75, 3.05) is 5.73 Å². The Hall–Kier alpha value is -1.97. The molecule has 90 valence electrons. The van der Waals surface area contributed by atoms with Crippen LogP contribution >= 0.6 is 0 Å². The largest absolute Gasteiger partial charge is 0.488 e. The van der Waals surface area contributed by atoms with Crippen LogP contribution in [0.4, 0.5) is 5.69 Å². The van der Waals surface area contributed by atoms with Crippen LogP contribution in [0.15, 0.2) is 24.5 Å². The molecule has 0 spiro atoms. The maximum atomic E-state index is 5.81. The van der Waals surface area contributed by atoms with Crippen LogP contribution in [0.1, 0.15) is 16.7 Å². The van der Waals surface area contributed by atoms with Gasteiger partial charge in [0.05, 0.1) is 6.20 Å². The van der Waals surface area contributed by atoms with Gasteiger partial charge in [-0.1, -0.05) is 0 Å². The zero-order valence-corrected chi connectivity index (χ0v) is 10.4. The summed E-state index contributed by atoms with van der Waals surface area (Å²) in [5.74, 6) is 0.906. The third-order valence-corrected chi connectivity index (χ3v) is 2.62. The van der Waals surface area contributed by atoms with Crippen LogP contribution in [0.2, 0.25) is 0 Å². The molecule has 0 aliphatic rings. The molecule has 0 radical (unpaired) electrons. The first-order chi connectivity index (χ1) is 8.06. The molecule has 1 aromatic heterocycles. The van der Waals surface area contributed by atoms with Gasteiger partial charge in [-0.3, -0.25) is 4.68 Å².